The number of rotatable bonds is 6. The van der Waals surface area contributed by atoms with E-state index in [9.17, 15) is 9.90 Å². The average molecular weight is 277 g/mol. The Balaban J connectivity index is 2.18. The van der Waals surface area contributed by atoms with Crippen molar-refractivity contribution in [3.05, 3.63) is 34.9 Å². The van der Waals surface area contributed by atoms with E-state index in [4.69, 9.17) is 15.8 Å². The molecule has 0 fully saturated rings. The molecule has 2 rings (SSSR count). The van der Waals surface area contributed by atoms with Crippen molar-refractivity contribution in [2.75, 3.05) is 0 Å². The lowest BCUT2D eigenvalue weighted by Crippen LogP contribution is -2.18. The minimum Gasteiger partial charge on any atom is -0.481 e. The minimum atomic E-state index is -1.32. The van der Waals surface area contributed by atoms with Crippen LogP contribution in [0.3, 0.4) is 0 Å². The van der Waals surface area contributed by atoms with E-state index < -0.39 is 19.0 Å². The van der Waals surface area contributed by atoms with Crippen LogP contribution in [0.2, 0.25) is 6.32 Å². The van der Waals surface area contributed by atoms with Gasteiger partial charge in [0.05, 0.1) is 5.92 Å². The van der Waals surface area contributed by atoms with Gasteiger partial charge in [0.25, 0.3) is 0 Å². The van der Waals surface area contributed by atoms with Gasteiger partial charge in [-0.2, -0.15) is 0 Å². The van der Waals surface area contributed by atoms with Crippen molar-refractivity contribution in [3.63, 3.8) is 0 Å². The molecule has 0 aliphatic heterocycles. The maximum atomic E-state index is 11.5. The van der Waals surface area contributed by atoms with E-state index >= 15 is 0 Å². The molecule has 2 atom stereocenters. The molecule has 0 aromatic heterocycles. The van der Waals surface area contributed by atoms with E-state index in [0.717, 1.165) is 16.7 Å². The van der Waals surface area contributed by atoms with Crippen LogP contribution in [0.15, 0.2) is 18.2 Å². The Kier molecular flexibility index (Phi) is 4.80. The first-order valence-electron chi connectivity index (χ1n) is 6.94. The minimum absolute atomic E-state index is 0.00829. The molecule has 0 spiro atoms. The van der Waals surface area contributed by atoms with Crippen LogP contribution in [0.4, 0.5) is 0 Å². The van der Waals surface area contributed by atoms with Gasteiger partial charge in [-0.1, -0.05) is 24.6 Å². The lowest BCUT2D eigenvalue weighted by atomic mass is 9.80. The Bertz CT molecular complexity index is 492. The SMILES string of the molecule is NCc1cccc2c1CC(CCCB(O)O)C2C(=O)O. The average Bonchev–Trinajstić information content (AvgIpc) is 2.76. The summed E-state index contributed by atoms with van der Waals surface area (Å²) in [7, 11) is -1.32. The number of carboxylic acids is 1. The molecule has 1 aromatic carbocycles. The third kappa shape index (κ3) is 3.03. The standard InChI is InChI=1S/C14H20BNO4/c16-8-10-3-1-5-11-12(10)7-9(13(11)14(17)18)4-2-6-15(19)20/h1,3,5,9,13,19-20H,2,4,6-8,16H2,(H,17,18). The molecule has 20 heavy (non-hydrogen) atoms. The fraction of sp³-hybridized carbons (Fsp3) is 0.500. The highest BCUT2D eigenvalue weighted by Crippen LogP contribution is 2.42. The highest BCUT2D eigenvalue weighted by atomic mass is 16.4. The van der Waals surface area contributed by atoms with Crippen molar-refractivity contribution < 1.29 is 19.9 Å². The van der Waals surface area contributed by atoms with Crippen molar-refractivity contribution in [2.45, 2.75) is 38.0 Å². The zero-order valence-corrected chi connectivity index (χ0v) is 11.3. The topological polar surface area (TPSA) is 104 Å². The molecule has 1 aliphatic rings. The summed E-state index contributed by atoms with van der Waals surface area (Å²) in [5.41, 5.74) is 8.67. The fourth-order valence-electron chi connectivity index (χ4n) is 3.19. The molecule has 0 saturated carbocycles. The van der Waals surface area contributed by atoms with Gasteiger partial charge in [-0.25, -0.2) is 0 Å². The van der Waals surface area contributed by atoms with Gasteiger partial charge in [-0.05, 0) is 41.8 Å². The first-order chi connectivity index (χ1) is 9.54. The molecule has 0 heterocycles. The summed E-state index contributed by atoms with van der Waals surface area (Å²) in [6.07, 6.45) is 2.27. The van der Waals surface area contributed by atoms with Gasteiger partial charge in [0.15, 0.2) is 0 Å². The highest BCUT2D eigenvalue weighted by Gasteiger charge is 2.38. The zero-order chi connectivity index (χ0) is 14.7. The predicted octanol–water partition coefficient (Wildman–Crippen LogP) is 0.739. The van der Waals surface area contributed by atoms with Gasteiger partial charge in [-0.15, -0.1) is 0 Å². The number of benzene rings is 1. The molecule has 2 unspecified atom stereocenters. The summed E-state index contributed by atoms with van der Waals surface area (Å²) in [5.74, 6) is -1.31. The molecule has 0 bridgehead atoms. The fourth-order valence-corrected chi connectivity index (χ4v) is 3.19. The first kappa shape index (κ1) is 15.0. The summed E-state index contributed by atoms with van der Waals surface area (Å²) >= 11 is 0. The van der Waals surface area contributed by atoms with Crippen LogP contribution in [0.5, 0.6) is 0 Å². The summed E-state index contributed by atoms with van der Waals surface area (Å²) in [6.45, 7) is 0.414. The van der Waals surface area contributed by atoms with Gasteiger partial charge in [0.1, 0.15) is 0 Å². The second-order valence-corrected chi connectivity index (χ2v) is 5.38. The number of hydrogen-bond donors (Lipinski definition) is 4. The Morgan fingerprint density at radius 3 is 2.75 bits per heavy atom. The molecule has 0 radical (unpaired) electrons. The summed E-state index contributed by atoms with van der Waals surface area (Å²) in [6, 6.07) is 5.67. The van der Waals surface area contributed by atoms with Gasteiger partial charge >= 0.3 is 13.1 Å². The first-order valence-corrected chi connectivity index (χ1v) is 6.94. The summed E-state index contributed by atoms with van der Waals surface area (Å²) < 4.78 is 0. The molecular weight excluding hydrogens is 257 g/mol. The summed E-state index contributed by atoms with van der Waals surface area (Å²) in [4.78, 5) is 11.5. The van der Waals surface area contributed by atoms with E-state index in [1.54, 1.807) is 0 Å². The normalized spacial score (nSPS) is 20.8. The number of carboxylic acid groups (broad SMARTS) is 1. The van der Waals surface area contributed by atoms with E-state index in [2.05, 4.69) is 0 Å². The highest BCUT2D eigenvalue weighted by molar-refractivity contribution is 6.40. The van der Waals surface area contributed by atoms with Crippen LogP contribution in [0.1, 0.15) is 35.4 Å². The van der Waals surface area contributed by atoms with Gasteiger partial charge in [-0.3, -0.25) is 4.79 Å². The third-order valence-electron chi connectivity index (χ3n) is 4.11. The second-order valence-electron chi connectivity index (χ2n) is 5.38. The quantitative estimate of drug-likeness (QED) is 0.574. The van der Waals surface area contributed by atoms with Crippen LogP contribution >= 0.6 is 0 Å². The Hall–Kier alpha value is -1.37. The molecule has 5 nitrogen and oxygen atoms in total. The van der Waals surface area contributed by atoms with Crippen LogP contribution in [0.25, 0.3) is 0 Å². The van der Waals surface area contributed by atoms with Crippen molar-refractivity contribution in [3.8, 4) is 0 Å². The molecule has 0 amide bonds. The number of fused-ring (bicyclic) bond motifs is 1. The molecule has 0 saturated heterocycles. The van der Waals surface area contributed by atoms with Crippen LogP contribution in [-0.2, 0) is 17.8 Å². The van der Waals surface area contributed by atoms with Crippen molar-refractivity contribution in [1.29, 1.82) is 0 Å². The largest absolute Gasteiger partial charge is 0.481 e. The molecule has 5 N–H and O–H groups in total. The van der Waals surface area contributed by atoms with Crippen molar-refractivity contribution in [2.24, 2.45) is 11.7 Å². The van der Waals surface area contributed by atoms with E-state index in [1.165, 1.54) is 0 Å². The molecule has 1 aliphatic carbocycles. The lowest BCUT2D eigenvalue weighted by molar-refractivity contribution is -0.139. The Morgan fingerprint density at radius 2 is 2.15 bits per heavy atom. The maximum Gasteiger partial charge on any atom is 0.451 e. The third-order valence-corrected chi connectivity index (χ3v) is 4.11. The van der Waals surface area contributed by atoms with E-state index in [0.29, 0.717) is 25.8 Å². The maximum absolute atomic E-state index is 11.5. The molecule has 1 aromatic rings. The zero-order valence-electron chi connectivity index (χ0n) is 11.3. The number of nitrogens with two attached hydrogens (primary N) is 1. The van der Waals surface area contributed by atoms with Gasteiger partial charge in [0.2, 0.25) is 0 Å². The van der Waals surface area contributed by atoms with Gasteiger partial charge < -0.3 is 20.9 Å². The van der Waals surface area contributed by atoms with Crippen molar-refractivity contribution >= 4 is 13.1 Å². The Morgan fingerprint density at radius 1 is 1.40 bits per heavy atom. The Labute approximate surface area is 118 Å². The second kappa shape index (κ2) is 6.39. The number of hydrogen-bond acceptors (Lipinski definition) is 4. The molecule has 6 heteroatoms. The van der Waals surface area contributed by atoms with Crippen LogP contribution in [-0.4, -0.2) is 28.2 Å². The van der Waals surface area contributed by atoms with Crippen LogP contribution in [0, 0.1) is 5.92 Å². The van der Waals surface area contributed by atoms with E-state index in [1.807, 2.05) is 18.2 Å². The predicted molar refractivity (Wildman–Crippen MR) is 76.1 cm³/mol. The number of aliphatic carboxylic acids is 1. The summed E-state index contributed by atoms with van der Waals surface area (Å²) in [5, 5.41) is 27.2. The van der Waals surface area contributed by atoms with Crippen LogP contribution < -0.4 is 5.73 Å². The lowest BCUT2D eigenvalue weighted by Gasteiger charge is -2.16. The van der Waals surface area contributed by atoms with Crippen molar-refractivity contribution in [1.82, 2.24) is 0 Å². The smallest absolute Gasteiger partial charge is 0.451 e. The molecule has 108 valence electrons. The van der Waals surface area contributed by atoms with E-state index in [-0.39, 0.29) is 12.2 Å². The molecular formula is C14H20BNO4. The van der Waals surface area contributed by atoms with Gasteiger partial charge in [0, 0.05) is 6.54 Å². The monoisotopic (exact) mass is 277 g/mol. The number of carbonyl (C=O) groups is 1.